The fraction of sp³-hybridized carbons (Fsp3) is 0.344. The predicted molar refractivity (Wildman–Crippen MR) is 160 cm³/mol. The minimum Gasteiger partial charge on any atom is -0.325 e. The van der Waals surface area contributed by atoms with E-state index in [9.17, 15) is 14.4 Å². The van der Waals surface area contributed by atoms with Crippen LogP contribution in [0.5, 0.6) is 0 Å². The van der Waals surface area contributed by atoms with Crippen LogP contribution >= 0.6 is 11.8 Å². The van der Waals surface area contributed by atoms with Gasteiger partial charge >= 0.3 is 6.03 Å². The van der Waals surface area contributed by atoms with E-state index in [1.807, 2.05) is 42.5 Å². The third kappa shape index (κ3) is 7.51. The van der Waals surface area contributed by atoms with E-state index in [-0.39, 0.29) is 11.3 Å². The third-order valence-corrected chi connectivity index (χ3v) is 8.18. The van der Waals surface area contributed by atoms with Gasteiger partial charge in [0.25, 0.3) is 5.24 Å². The van der Waals surface area contributed by atoms with Crippen molar-refractivity contribution in [3.63, 3.8) is 0 Å². The van der Waals surface area contributed by atoms with Crippen molar-refractivity contribution >= 4 is 46.0 Å². The number of nitrogens with one attached hydrogen (secondary N) is 2. The van der Waals surface area contributed by atoms with Gasteiger partial charge in [0.2, 0.25) is 5.91 Å². The van der Waals surface area contributed by atoms with Crippen LogP contribution in [0.25, 0.3) is 0 Å². The number of carbonyl (C=O) groups excluding carboxylic acids is 3. The van der Waals surface area contributed by atoms with E-state index in [0.29, 0.717) is 27.9 Å². The van der Waals surface area contributed by atoms with Crippen molar-refractivity contribution in [2.45, 2.75) is 63.7 Å². The molecule has 1 fully saturated rings. The maximum atomic E-state index is 13.7. The largest absolute Gasteiger partial charge is 0.333 e. The number of hydrogen-bond acceptors (Lipinski definition) is 4. The summed E-state index contributed by atoms with van der Waals surface area (Å²) in [6.07, 6.45) is 6.93. The summed E-state index contributed by atoms with van der Waals surface area (Å²) >= 11 is 0.929. The Labute approximate surface area is 235 Å². The summed E-state index contributed by atoms with van der Waals surface area (Å²) in [5.41, 5.74) is 1.26. The van der Waals surface area contributed by atoms with Gasteiger partial charge in [0.1, 0.15) is 0 Å². The van der Waals surface area contributed by atoms with Crippen molar-refractivity contribution in [1.82, 2.24) is 0 Å². The average Bonchev–Trinajstić information content (AvgIpc) is 2.94. The standard InChI is InChI=1S/C32H37N3O3S/c1-24(2)20-23-32(21-12-5-13-22-32)29(36)34-27-18-10-11-19-28(27)39-31(38)35(26-16-8-4-9-17-26)30(37)33-25-14-6-3-7-15-25/h3-4,6-11,14-19,24H,5,12-13,20-23H2,1-2H3,(H,33,37)(H,34,36). The molecule has 0 saturated heterocycles. The second-order valence-corrected chi connectivity index (χ2v) is 11.6. The highest BCUT2D eigenvalue weighted by molar-refractivity contribution is 8.14. The first-order chi connectivity index (χ1) is 18.9. The lowest BCUT2D eigenvalue weighted by molar-refractivity contribution is -0.128. The average molecular weight is 544 g/mol. The Morgan fingerprint density at radius 3 is 2.10 bits per heavy atom. The van der Waals surface area contributed by atoms with Crippen LogP contribution in [0.15, 0.2) is 89.8 Å². The maximum Gasteiger partial charge on any atom is 0.333 e. The van der Waals surface area contributed by atoms with Crippen molar-refractivity contribution in [1.29, 1.82) is 0 Å². The van der Waals surface area contributed by atoms with Crippen LogP contribution in [-0.2, 0) is 4.79 Å². The van der Waals surface area contributed by atoms with E-state index in [2.05, 4.69) is 24.5 Å². The number of benzene rings is 3. The van der Waals surface area contributed by atoms with Crippen LogP contribution in [0.4, 0.5) is 26.7 Å². The Bertz CT molecular complexity index is 1260. The molecule has 3 aromatic rings. The number of anilines is 3. The first-order valence-corrected chi connectivity index (χ1v) is 14.5. The molecule has 1 aliphatic carbocycles. The Kier molecular flexibility index (Phi) is 9.82. The highest BCUT2D eigenvalue weighted by atomic mass is 32.2. The van der Waals surface area contributed by atoms with Gasteiger partial charge in [-0.15, -0.1) is 0 Å². The summed E-state index contributed by atoms with van der Waals surface area (Å²) in [6, 6.07) is 24.6. The van der Waals surface area contributed by atoms with Gasteiger partial charge in [-0.25, -0.2) is 9.69 Å². The monoisotopic (exact) mass is 543 g/mol. The second kappa shape index (κ2) is 13.5. The molecule has 3 aromatic carbocycles. The van der Waals surface area contributed by atoms with Crippen molar-refractivity contribution in [3.8, 4) is 0 Å². The predicted octanol–water partition coefficient (Wildman–Crippen LogP) is 8.96. The SMILES string of the molecule is CC(C)CCC1(C(=O)Nc2ccccc2SC(=O)N(C(=O)Nc2ccccc2)c2ccccc2)CCCCC1. The Hall–Kier alpha value is -3.58. The lowest BCUT2D eigenvalue weighted by atomic mass is 9.69. The van der Waals surface area contributed by atoms with Gasteiger partial charge in [0.15, 0.2) is 0 Å². The van der Waals surface area contributed by atoms with Crippen LogP contribution in [0.3, 0.4) is 0 Å². The molecule has 0 atom stereocenters. The molecule has 2 N–H and O–H groups in total. The zero-order valence-electron chi connectivity index (χ0n) is 22.7. The van der Waals surface area contributed by atoms with Crippen molar-refractivity contribution in [2.75, 3.05) is 15.5 Å². The van der Waals surface area contributed by atoms with E-state index < -0.39 is 11.3 Å². The summed E-state index contributed by atoms with van der Waals surface area (Å²) in [5.74, 6) is 0.563. The molecule has 4 amide bonds. The summed E-state index contributed by atoms with van der Waals surface area (Å²) in [6.45, 7) is 4.39. The lowest BCUT2D eigenvalue weighted by Crippen LogP contribution is -2.39. The van der Waals surface area contributed by atoms with Gasteiger partial charge in [-0.1, -0.05) is 81.6 Å². The molecule has 0 aromatic heterocycles. The maximum absolute atomic E-state index is 13.7. The third-order valence-electron chi connectivity index (χ3n) is 7.25. The topological polar surface area (TPSA) is 78.5 Å². The highest BCUT2D eigenvalue weighted by Gasteiger charge is 2.39. The van der Waals surface area contributed by atoms with E-state index in [1.54, 1.807) is 42.5 Å². The molecule has 1 aliphatic rings. The van der Waals surface area contributed by atoms with E-state index in [0.717, 1.165) is 61.6 Å². The quantitative estimate of drug-likeness (QED) is 0.278. The zero-order chi connectivity index (χ0) is 27.7. The lowest BCUT2D eigenvalue weighted by Gasteiger charge is -2.36. The summed E-state index contributed by atoms with van der Waals surface area (Å²) < 4.78 is 0. The van der Waals surface area contributed by atoms with Crippen LogP contribution < -0.4 is 15.5 Å². The van der Waals surface area contributed by atoms with Gasteiger partial charge < -0.3 is 10.6 Å². The van der Waals surface area contributed by atoms with Gasteiger partial charge in [-0.05, 0) is 79.8 Å². The smallest absolute Gasteiger partial charge is 0.325 e. The number of urea groups is 1. The van der Waals surface area contributed by atoms with Crippen molar-refractivity contribution in [2.24, 2.45) is 11.3 Å². The molecule has 0 radical (unpaired) electrons. The van der Waals surface area contributed by atoms with Gasteiger partial charge in [0.05, 0.1) is 11.4 Å². The van der Waals surface area contributed by atoms with Crippen LogP contribution in [0.1, 0.15) is 58.8 Å². The van der Waals surface area contributed by atoms with Gasteiger partial charge in [-0.2, -0.15) is 0 Å². The van der Waals surface area contributed by atoms with Crippen LogP contribution in [0.2, 0.25) is 0 Å². The van der Waals surface area contributed by atoms with Crippen LogP contribution in [0, 0.1) is 11.3 Å². The van der Waals surface area contributed by atoms with E-state index >= 15 is 0 Å². The molecular formula is C32H37N3O3S. The number of thioether (sulfide) groups is 1. The summed E-state index contributed by atoms with van der Waals surface area (Å²) in [4.78, 5) is 42.4. The van der Waals surface area contributed by atoms with Gasteiger partial charge in [0, 0.05) is 16.0 Å². The molecule has 204 valence electrons. The molecule has 0 bridgehead atoms. The van der Waals surface area contributed by atoms with E-state index in [4.69, 9.17) is 0 Å². The fourth-order valence-corrected chi connectivity index (χ4v) is 5.86. The number of carbonyl (C=O) groups is 3. The van der Waals surface area contributed by atoms with Gasteiger partial charge in [-0.3, -0.25) is 9.59 Å². The Morgan fingerprint density at radius 1 is 0.821 bits per heavy atom. The molecule has 0 heterocycles. The number of rotatable bonds is 8. The highest BCUT2D eigenvalue weighted by Crippen LogP contribution is 2.43. The first kappa shape index (κ1) is 28.4. The second-order valence-electron chi connectivity index (χ2n) is 10.6. The number of amides is 4. The van der Waals surface area contributed by atoms with Crippen molar-refractivity contribution in [3.05, 3.63) is 84.9 Å². The zero-order valence-corrected chi connectivity index (χ0v) is 23.5. The van der Waals surface area contributed by atoms with E-state index in [1.165, 1.54) is 0 Å². The molecule has 0 unspecified atom stereocenters. The molecule has 1 saturated carbocycles. The minimum atomic E-state index is -0.554. The fourth-order valence-electron chi connectivity index (χ4n) is 5.02. The summed E-state index contributed by atoms with van der Waals surface area (Å²) in [5, 5.41) is 5.51. The minimum absolute atomic E-state index is 0.0325. The Morgan fingerprint density at radius 2 is 1.44 bits per heavy atom. The number of imide groups is 1. The molecule has 6 nitrogen and oxygen atoms in total. The molecule has 0 spiro atoms. The van der Waals surface area contributed by atoms with Crippen molar-refractivity contribution < 1.29 is 14.4 Å². The van der Waals surface area contributed by atoms with Crippen LogP contribution in [-0.4, -0.2) is 17.2 Å². The number of nitrogens with zero attached hydrogens (tertiary/aromatic N) is 1. The number of para-hydroxylation sites is 3. The Balaban J connectivity index is 1.55. The molecular weight excluding hydrogens is 506 g/mol. The molecule has 39 heavy (non-hydrogen) atoms. The molecule has 7 heteroatoms. The first-order valence-electron chi connectivity index (χ1n) is 13.7. The number of hydrogen-bond donors (Lipinski definition) is 2. The normalized spacial score (nSPS) is 14.4. The molecule has 4 rings (SSSR count). The molecule has 0 aliphatic heterocycles. The summed E-state index contributed by atoms with van der Waals surface area (Å²) in [7, 11) is 0.